The maximum atomic E-state index is 11.8. The van der Waals surface area contributed by atoms with Crippen LogP contribution in [0.1, 0.15) is 17.4 Å². The van der Waals surface area contributed by atoms with Gasteiger partial charge in [0.1, 0.15) is 5.75 Å². The molecule has 1 heterocycles. The minimum Gasteiger partial charge on any atom is -0.495 e. The highest BCUT2D eigenvalue weighted by atomic mass is 32.1. The number of nitrogens with zero attached hydrogens (tertiary/aromatic N) is 1. The lowest BCUT2D eigenvalue weighted by Gasteiger charge is -2.09. The maximum absolute atomic E-state index is 11.8. The normalized spacial score (nSPS) is 9.92. The molecule has 0 saturated carbocycles. The monoisotopic (exact) mass is 349 g/mol. The molecule has 8 nitrogen and oxygen atoms in total. The molecule has 2 rings (SSSR count). The number of carbonyl (C=O) groups is 3. The first-order chi connectivity index (χ1) is 11.5. The average molecular weight is 349 g/mol. The Labute approximate surface area is 141 Å². The number of para-hydroxylation sites is 2. The molecule has 0 aliphatic heterocycles. The summed E-state index contributed by atoms with van der Waals surface area (Å²) in [7, 11) is 1.49. The smallest absolute Gasteiger partial charge is 0.358 e. The zero-order chi connectivity index (χ0) is 17.5. The van der Waals surface area contributed by atoms with E-state index in [1.54, 1.807) is 24.3 Å². The van der Waals surface area contributed by atoms with Gasteiger partial charge in [-0.25, -0.2) is 9.78 Å². The number of amides is 2. The van der Waals surface area contributed by atoms with Gasteiger partial charge in [0.15, 0.2) is 17.4 Å². The van der Waals surface area contributed by atoms with Crippen LogP contribution in [0.4, 0.5) is 10.8 Å². The fourth-order valence-corrected chi connectivity index (χ4v) is 2.44. The lowest BCUT2D eigenvalue weighted by molar-refractivity contribution is -0.119. The van der Waals surface area contributed by atoms with E-state index in [4.69, 9.17) is 9.47 Å². The Balaban J connectivity index is 1.88. The highest BCUT2D eigenvalue weighted by molar-refractivity contribution is 7.14. The molecule has 24 heavy (non-hydrogen) atoms. The van der Waals surface area contributed by atoms with Gasteiger partial charge >= 0.3 is 5.97 Å². The molecule has 126 valence electrons. The van der Waals surface area contributed by atoms with Crippen molar-refractivity contribution in [2.75, 3.05) is 24.4 Å². The number of nitrogens with one attached hydrogen (secondary N) is 2. The standard InChI is InChI=1S/C15H15N3O5S/c1-9(19)16-15-18-11(8-24-15)14(21)23-7-13(20)17-10-5-3-4-6-12(10)22-2/h3-6,8H,7H2,1-2H3,(H,17,20)(H,16,18,19). The van der Waals surface area contributed by atoms with Gasteiger partial charge in [0, 0.05) is 12.3 Å². The second kappa shape index (κ2) is 8.06. The predicted octanol–water partition coefficient (Wildman–Crippen LogP) is 1.91. The molecule has 1 aromatic heterocycles. The third kappa shape index (κ3) is 4.78. The van der Waals surface area contributed by atoms with E-state index >= 15 is 0 Å². The van der Waals surface area contributed by atoms with Crippen molar-refractivity contribution in [2.45, 2.75) is 6.92 Å². The van der Waals surface area contributed by atoms with E-state index in [0.29, 0.717) is 11.4 Å². The van der Waals surface area contributed by atoms with Crippen molar-refractivity contribution in [3.05, 3.63) is 35.3 Å². The Kier molecular flexibility index (Phi) is 5.85. The minimum absolute atomic E-state index is 0.0221. The first-order valence-corrected chi connectivity index (χ1v) is 7.70. The number of aromatic nitrogens is 1. The van der Waals surface area contributed by atoms with E-state index in [1.165, 1.54) is 19.4 Å². The lowest BCUT2D eigenvalue weighted by Crippen LogP contribution is -2.21. The van der Waals surface area contributed by atoms with E-state index in [9.17, 15) is 14.4 Å². The summed E-state index contributed by atoms with van der Waals surface area (Å²) >= 11 is 1.09. The Morgan fingerprint density at radius 1 is 1.21 bits per heavy atom. The molecule has 0 unspecified atom stereocenters. The molecule has 9 heteroatoms. The van der Waals surface area contributed by atoms with Crippen LogP contribution in [0.3, 0.4) is 0 Å². The van der Waals surface area contributed by atoms with Crippen molar-refractivity contribution in [1.29, 1.82) is 0 Å². The van der Waals surface area contributed by atoms with Crippen LogP contribution in [0.2, 0.25) is 0 Å². The van der Waals surface area contributed by atoms with Crippen LogP contribution < -0.4 is 15.4 Å². The second-order valence-electron chi connectivity index (χ2n) is 4.54. The Morgan fingerprint density at radius 2 is 1.96 bits per heavy atom. The molecule has 2 aromatic rings. The number of benzene rings is 1. The van der Waals surface area contributed by atoms with Gasteiger partial charge in [-0.1, -0.05) is 12.1 Å². The first-order valence-electron chi connectivity index (χ1n) is 6.82. The third-order valence-electron chi connectivity index (χ3n) is 2.71. The van der Waals surface area contributed by atoms with Gasteiger partial charge in [-0.05, 0) is 12.1 Å². The Bertz CT molecular complexity index is 759. The summed E-state index contributed by atoms with van der Waals surface area (Å²) < 4.78 is 10.0. The molecule has 2 amide bonds. The number of hydrogen-bond donors (Lipinski definition) is 2. The van der Waals surface area contributed by atoms with E-state index in [0.717, 1.165) is 11.3 Å². The maximum Gasteiger partial charge on any atom is 0.358 e. The second-order valence-corrected chi connectivity index (χ2v) is 5.40. The molecule has 0 bridgehead atoms. The van der Waals surface area contributed by atoms with Gasteiger partial charge in [-0.15, -0.1) is 11.3 Å². The van der Waals surface area contributed by atoms with Crippen molar-refractivity contribution in [1.82, 2.24) is 4.98 Å². The summed E-state index contributed by atoms with van der Waals surface area (Å²) in [5, 5.41) is 6.76. The van der Waals surface area contributed by atoms with E-state index in [-0.39, 0.29) is 16.7 Å². The average Bonchev–Trinajstić information content (AvgIpc) is 3.01. The van der Waals surface area contributed by atoms with Crippen LogP contribution in [0.15, 0.2) is 29.6 Å². The zero-order valence-corrected chi connectivity index (χ0v) is 13.8. The molecular weight excluding hydrogens is 334 g/mol. The van der Waals surface area contributed by atoms with Gasteiger partial charge in [0.25, 0.3) is 5.91 Å². The van der Waals surface area contributed by atoms with Gasteiger partial charge in [0.2, 0.25) is 5.91 Å². The van der Waals surface area contributed by atoms with Crippen LogP contribution in [0.5, 0.6) is 5.75 Å². The molecule has 0 radical (unpaired) electrons. The molecule has 0 aliphatic rings. The predicted molar refractivity (Wildman–Crippen MR) is 88.3 cm³/mol. The number of rotatable bonds is 6. The lowest BCUT2D eigenvalue weighted by atomic mass is 10.3. The number of hydrogen-bond acceptors (Lipinski definition) is 7. The largest absolute Gasteiger partial charge is 0.495 e. The molecular formula is C15H15N3O5S. The number of esters is 1. The topological polar surface area (TPSA) is 107 Å². The highest BCUT2D eigenvalue weighted by Crippen LogP contribution is 2.22. The van der Waals surface area contributed by atoms with Gasteiger partial charge in [-0.3, -0.25) is 9.59 Å². The number of carbonyl (C=O) groups excluding carboxylic acids is 3. The van der Waals surface area contributed by atoms with Gasteiger partial charge in [-0.2, -0.15) is 0 Å². The highest BCUT2D eigenvalue weighted by Gasteiger charge is 2.15. The number of anilines is 2. The van der Waals surface area contributed by atoms with Crippen molar-refractivity contribution in [3.8, 4) is 5.75 Å². The third-order valence-corrected chi connectivity index (χ3v) is 3.47. The number of thiazole rings is 1. The van der Waals surface area contributed by atoms with E-state index < -0.39 is 18.5 Å². The summed E-state index contributed by atoms with van der Waals surface area (Å²) in [5.41, 5.74) is 0.497. The fourth-order valence-electron chi connectivity index (χ4n) is 1.71. The summed E-state index contributed by atoms with van der Waals surface area (Å²) in [5.74, 6) is -1.06. The van der Waals surface area contributed by atoms with E-state index in [2.05, 4.69) is 15.6 Å². The van der Waals surface area contributed by atoms with Crippen LogP contribution >= 0.6 is 11.3 Å². The van der Waals surface area contributed by atoms with Gasteiger partial charge < -0.3 is 20.1 Å². The molecule has 0 aliphatic carbocycles. The summed E-state index contributed by atoms with van der Waals surface area (Å²) in [4.78, 5) is 38.5. The minimum atomic E-state index is -0.752. The van der Waals surface area contributed by atoms with Crippen molar-refractivity contribution >= 4 is 39.9 Å². The SMILES string of the molecule is COc1ccccc1NC(=O)COC(=O)c1csc(NC(C)=O)n1. The molecule has 0 fully saturated rings. The molecule has 0 atom stereocenters. The summed E-state index contributed by atoms with van der Waals surface area (Å²) in [6.45, 7) is 0.867. The molecule has 0 saturated heterocycles. The molecule has 0 spiro atoms. The van der Waals surface area contributed by atoms with Gasteiger partial charge in [0.05, 0.1) is 12.8 Å². The molecule has 2 N–H and O–H groups in total. The zero-order valence-electron chi connectivity index (χ0n) is 13.0. The van der Waals surface area contributed by atoms with Crippen molar-refractivity contribution in [2.24, 2.45) is 0 Å². The molecule has 1 aromatic carbocycles. The number of ether oxygens (including phenoxy) is 2. The van der Waals surface area contributed by atoms with Crippen molar-refractivity contribution < 1.29 is 23.9 Å². The van der Waals surface area contributed by atoms with Crippen LogP contribution in [0, 0.1) is 0 Å². The fraction of sp³-hybridized carbons (Fsp3) is 0.200. The first kappa shape index (κ1) is 17.4. The van der Waals surface area contributed by atoms with Crippen molar-refractivity contribution in [3.63, 3.8) is 0 Å². The summed E-state index contributed by atoms with van der Waals surface area (Å²) in [6, 6.07) is 6.87. The number of methoxy groups -OCH3 is 1. The van der Waals surface area contributed by atoms with Crippen LogP contribution in [-0.2, 0) is 14.3 Å². The van der Waals surface area contributed by atoms with Crippen LogP contribution in [-0.4, -0.2) is 36.5 Å². The quantitative estimate of drug-likeness (QED) is 0.772. The van der Waals surface area contributed by atoms with Crippen LogP contribution in [0.25, 0.3) is 0 Å². The summed E-state index contributed by atoms with van der Waals surface area (Å²) in [6.07, 6.45) is 0. The Hall–Kier alpha value is -2.94. The Morgan fingerprint density at radius 3 is 2.67 bits per heavy atom. The van der Waals surface area contributed by atoms with E-state index in [1.807, 2.05) is 0 Å².